The Morgan fingerprint density at radius 3 is 2.56 bits per heavy atom. The average Bonchev–Trinajstić information content (AvgIpc) is 3.11. The number of carbonyl (C=O) groups is 1. The molecule has 2 aromatic heterocycles. The van der Waals surface area contributed by atoms with Gasteiger partial charge in [0.2, 0.25) is 5.92 Å². The number of halogens is 2. The molecule has 0 aliphatic heterocycles. The van der Waals surface area contributed by atoms with Crippen molar-refractivity contribution in [1.82, 2.24) is 19.9 Å². The van der Waals surface area contributed by atoms with Crippen LogP contribution in [-0.4, -0.2) is 47.7 Å². The lowest BCUT2D eigenvalue weighted by Crippen LogP contribution is -2.40. The van der Waals surface area contributed by atoms with Crippen molar-refractivity contribution in [2.75, 3.05) is 0 Å². The standard InChI is InChI=1S/C23H33F2N5O3S/c1-21(2,3)33-20(31)29-19(16-7-9-23(24,25)10-8-16)17-14-30-18(28-17)11-15(12-26-30)13-27-34(32)22(4,5)6/h11-14,16,19H,7-10H2,1-6H3,(H,29,31)/b27-13+/t19-,34-/m0/s1. The number of fused-ring (bicyclic) bond motifs is 1. The molecule has 188 valence electrons. The molecule has 1 fully saturated rings. The number of alkyl carbamates (subject to hydrolysis) is 1. The molecule has 1 amide bonds. The van der Waals surface area contributed by atoms with E-state index in [4.69, 9.17) is 4.74 Å². The molecule has 2 heterocycles. The Balaban J connectivity index is 1.87. The van der Waals surface area contributed by atoms with Crippen LogP contribution in [0, 0.1) is 5.92 Å². The maximum atomic E-state index is 13.8. The first-order valence-electron chi connectivity index (χ1n) is 11.3. The van der Waals surface area contributed by atoms with Gasteiger partial charge in [0.15, 0.2) is 5.65 Å². The van der Waals surface area contributed by atoms with Crippen molar-refractivity contribution < 1.29 is 22.9 Å². The Labute approximate surface area is 201 Å². The Morgan fingerprint density at radius 1 is 1.32 bits per heavy atom. The molecule has 1 aliphatic carbocycles. The van der Waals surface area contributed by atoms with Gasteiger partial charge in [0.05, 0.1) is 30.3 Å². The number of imidazole rings is 1. The Morgan fingerprint density at radius 2 is 1.97 bits per heavy atom. The van der Waals surface area contributed by atoms with E-state index in [0.717, 1.165) is 0 Å². The number of nitrogens with zero attached hydrogens (tertiary/aromatic N) is 4. The summed E-state index contributed by atoms with van der Waals surface area (Å²) in [6.45, 7) is 10.8. The van der Waals surface area contributed by atoms with Crippen LogP contribution >= 0.6 is 0 Å². The fourth-order valence-electron chi connectivity index (χ4n) is 3.66. The van der Waals surface area contributed by atoms with Gasteiger partial charge in [0.25, 0.3) is 0 Å². The fourth-order valence-corrected chi connectivity index (χ4v) is 4.19. The summed E-state index contributed by atoms with van der Waals surface area (Å²) in [6, 6.07) is 1.14. The van der Waals surface area contributed by atoms with Crippen molar-refractivity contribution in [3.63, 3.8) is 0 Å². The van der Waals surface area contributed by atoms with Crippen molar-refractivity contribution in [2.45, 2.75) is 89.5 Å². The highest BCUT2D eigenvalue weighted by Crippen LogP contribution is 2.41. The minimum absolute atomic E-state index is 0.215. The van der Waals surface area contributed by atoms with Crippen LogP contribution in [0.3, 0.4) is 0 Å². The zero-order valence-corrected chi connectivity index (χ0v) is 21.3. The van der Waals surface area contributed by atoms with Crippen molar-refractivity contribution in [3.8, 4) is 0 Å². The Kier molecular flexibility index (Phi) is 7.57. The fraction of sp³-hybridized carbons (Fsp3) is 0.652. The first kappa shape index (κ1) is 26.3. The molecule has 0 spiro atoms. The van der Waals surface area contributed by atoms with Gasteiger partial charge in [-0.2, -0.15) is 5.10 Å². The predicted octanol–water partition coefficient (Wildman–Crippen LogP) is 5.00. The molecule has 0 unspecified atom stereocenters. The van der Waals surface area contributed by atoms with Gasteiger partial charge in [-0.25, -0.2) is 23.1 Å². The molecule has 1 N–H and O–H groups in total. The highest BCUT2D eigenvalue weighted by molar-refractivity contribution is 7.91. The molecule has 2 aromatic rings. The van der Waals surface area contributed by atoms with Crippen LogP contribution in [0.4, 0.5) is 13.6 Å². The molecular weight excluding hydrogens is 464 g/mol. The highest BCUT2D eigenvalue weighted by Gasteiger charge is 2.39. The summed E-state index contributed by atoms with van der Waals surface area (Å²) in [5.41, 5.74) is 0.936. The largest absolute Gasteiger partial charge is 0.591 e. The average molecular weight is 498 g/mol. The van der Waals surface area contributed by atoms with Gasteiger partial charge in [0, 0.05) is 18.4 Å². The Bertz CT molecular complexity index is 1040. The highest BCUT2D eigenvalue weighted by atomic mass is 32.2. The SMILES string of the molecule is CC(C)(C)OC(=O)N[C@H](c1cn2ncc(/C=N/[S@@+]([O-])C(C)(C)C)cc2n1)C1CCC(F)(F)CC1. The van der Waals surface area contributed by atoms with E-state index in [9.17, 15) is 18.1 Å². The third-order valence-corrected chi connectivity index (χ3v) is 6.75. The maximum Gasteiger partial charge on any atom is 0.408 e. The first-order chi connectivity index (χ1) is 15.6. The van der Waals surface area contributed by atoms with E-state index in [1.807, 2.05) is 20.8 Å². The summed E-state index contributed by atoms with van der Waals surface area (Å²) >= 11 is -1.41. The number of hydrogen-bond donors (Lipinski definition) is 1. The van der Waals surface area contributed by atoms with Crippen molar-refractivity contribution in [2.24, 2.45) is 10.3 Å². The molecule has 11 heteroatoms. The van der Waals surface area contributed by atoms with E-state index in [1.54, 1.807) is 43.7 Å². The molecule has 34 heavy (non-hydrogen) atoms. The maximum absolute atomic E-state index is 13.8. The minimum atomic E-state index is -2.69. The third-order valence-electron chi connectivity index (χ3n) is 5.41. The molecule has 2 atom stereocenters. The molecule has 0 saturated heterocycles. The zero-order valence-electron chi connectivity index (χ0n) is 20.5. The summed E-state index contributed by atoms with van der Waals surface area (Å²) in [5, 5.41) is 7.17. The van der Waals surface area contributed by atoms with Crippen LogP contribution in [0.1, 0.15) is 84.5 Å². The lowest BCUT2D eigenvalue weighted by atomic mass is 9.81. The van der Waals surface area contributed by atoms with Crippen molar-refractivity contribution in [3.05, 3.63) is 29.7 Å². The molecule has 1 aliphatic rings. The van der Waals surface area contributed by atoms with Gasteiger partial charge in [0.1, 0.15) is 21.7 Å². The lowest BCUT2D eigenvalue weighted by Gasteiger charge is -2.33. The van der Waals surface area contributed by atoms with E-state index >= 15 is 0 Å². The van der Waals surface area contributed by atoms with E-state index in [2.05, 4.69) is 19.8 Å². The normalized spacial score (nSPS) is 19.3. The number of ether oxygens (including phenoxy) is 1. The molecular formula is C23H33F2N5O3S. The Hall–Kier alpha value is -2.27. The summed E-state index contributed by atoms with van der Waals surface area (Å²) in [6.07, 6.45) is 4.15. The summed E-state index contributed by atoms with van der Waals surface area (Å²) in [4.78, 5) is 17.1. The number of alkyl halides is 2. The van der Waals surface area contributed by atoms with E-state index in [-0.39, 0.29) is 31.6 Å². The van der Waals surface area contributed by atoms with Gasteiger partial charge in [-0.05, 0) is 66.4 Å². The second kappa shape index (κ2) is 9.77. The van der Waals surface area contributed by atoms with Crippen molar-refractivity contribution >= 4 is 29.3 Å². The minimum Gasteiger partial charge on any atom is -0.591 e. The second-order valence-corrected chi connectivity index (χ2v) is 12.6. The third kappa shape index (κ3) is 7.11. The van der Waals surface area contributed by atoms with Crippen LogP contribution < -0.4 is 5.32 Å². The van der Waals surface area contributed by atoms with E-state index in [0.29, 0.717) is 16.9 Å². The molecule has 3 rings (SSSR count). The molecule has 0 radical (unpaired) electrons. The quantitative estimate of drug-likeness (QED) is 0.462. The molecule has 8 nitrogen and oxygen atoms in total. The summed E-state index contributed by atoms with van der Waals surface area (Å²) in [7, 11) is 0. The number of aromatic nitrogens is 3. The van der Waals surface area contributed by atoms with Crippen LogP contribution in [0.25, 0.3) is 5.65 Å². The van der Waals surface area contributed by atoms with Crippen LogP contribution in [0.15, 0.2) is 22.9 Å². The van der Waals surface area contributed by atoms with Crippen LogP contribution in [0.5, 0.6) is 0 Å². The van der Waals surface area contributed by atoms with Gasteiger partial charge in [-0.15, -0.1) is 0 Å². The lowest BCUT2D eigenvalue weighted by molar-refractivity contribution is -0.0500. The summed E-state index contributed by atoms with van der Waals surface area (Å²) < 4.78 is 50.3. The van der Waals surface area contributed by atoms with Crippen LogP contribution in [-0.2, 0) is 16.1 Å². The topological polar surface area (TPSA) is 104 Å². The molecule has 1 saturated carbocycles. The second-order valence-electron chi connectivity index (χ2n) is 10.7. The van der Waals surface area contributed by atoms with Crippen LogP contribution in [0.2, 0.25) is 0 Å². The van der Waals surface area contributed by atoms with Gasteiger partial charge in [-0.3, -0.25) is 0 Å². The number of amides is 1. The number of hydrogen-bond acceptors (Lipinski definition) is 6. The number of carbonyl (C=O) groups excluding carboxylic acids is 1. The number of nitrogens with one attached hydrogen (secondary N) is 1. The monoisotopic (exact) mass is 497 g/mol. The molecule has 0 bridgehead atoms. The van der Waals surface area contributed by atoms with Gasteiger partial charge >= 0.3 is 6.09 Å². The van der Waals surface area contributed by atoms with E-state index in [1.165, 1.54) is 6.21 Å². The van der Waals surface area contributed by atoms with Gasteiger partial charge < -0.3 is 14.6 Å². The van der Waals surface area contributed by atoms with E-state index < -0.39 is 39.8 Å². The smallest absolute Gasteiger partial charge is 0.408 e. The van der Waals surface area contributed by atoms with Gasteiger partial charge in [-0.1, -0.05) is 4.40 Å². The summed E-state index contributed by atoms with van der Waals surface area (Å²) in [5.74, 6) is -2.90. The molecule has 0 aromatic carbocycles. The zero-order chi connectivity index (χ0) is 25.3. The first-order valence-corrected chi connectivity index (χ1v) is 12.4. The van der Waals surface area contributed by atoms with Crippen molar-refractivity contribution in [1.29, 1.82) is 0 Å². The predicted molar refractivity (Wildman–Crippen MR) is 127 cm³/mol. The number of rotatable bonds is 5.